The van der Waals surface area contributed by atoms with Crippen molar-refractivity contribution in [2.45, 2.75) is 20.3 Å². The minimum Gasteiger partial charge on any atom is -0.338 e. The van der Waals surface area contributed by atoms with Crippen LogP contribution in [0, 0.1) is 17.6 Å². The number of halogens is 2. The van der Waals surface area contributed by atoms with E-state index in [1.807, 2.05) is 0 Å². The number of nitrogens with one attached hydrogen (secondary N) is 3. The number of urea groups is 1. The van der Waals surface area contributed by atoms with E-state index in [2.05, 4.69) is 34.7 Å². The van der Waals surface area contributed by atoms with E-state index < -0.39 is 11.6 Å². The van der Waals surface area contributed by atoms with Gasteiger partial charge in [0.2, 0.25) is 0 Å². The molecule has 0 radical (unpaired) electrons. The van der Waals surface area contributed by atoms with E-state index in [1.165, 1.54) is 0 Å². The van der Waals surface area contributed by atoms with Crippen LogP contribution in [0.2, 0.25) is 0 Å². The van der Waals surface area contributed by atoms with Crippen LogP contribution < -0.4 is 10.6 Å². The first-order valence-electron chi connectivity index (χ1n) is 8.46. The first-order chi connectivity index (χ1) is 12.5. The molecule has 7 heteroatoms. The maximum Gasteiger partial charge on any atom is 0.320 e. The van der Waals surface area contributed by atoms with Crippen LogP contribution >= 0.6 is 0 Å². The summed E-state index contributed by atoms with van der Waals surface area (Å²) in [5, 5.41) is 13.1. The van der Waals surface area contributed by atoms with Crippen LogP contribution in [-0.2, 0) is 0 Å². The summed E-state index contributed by atoms with van der Waals surface area (Å²) in [5.74, 6) is -0.243. The lowest BCUT2D eigenvalue weighted by Crippen LogP contribution is -2.32. The van der Waals surface area contributed by atoms with Crippen molar-refractivity contribution < 1.29 is 13.6 Å². The minimum absolute atomic E-state index is 0.169. The number of benzene rings is 2. The largest absolute Gasteiger partial charge is 0.338 e. The number of hydrogen-bond acceptors (Lipinski definition) is 2. The van der Waals surface area contributed by atoms with Gasteiger partial charge in [-0.3, -0.25) is 10.4 Å². The van der Waals surface area contributed by atoms with Crippen molar-refractivity contribution in [3.8, 4) is 11.1 Å². The molecule has 1 atom stereocenters. The molecule has 136 valence electrons. The number of amides is 2. The average molecular weight is 358 g/mol. The Morgan fingerprint density at radius 3 is 2.81 bits per heavy atom. The van der Waals surface area contributed by atoms with Crippen molar-refractivity contribution >= 4 is 22.8 Å². The minimum atomic E-state index is -0.508. The molecular formula is C19H20F2N4O. The maximum absolute atomic E-state index is 14.0. The lowest BCUT2D eigenvalue weighted by molar-refractivity contribution is 0.250. The van der Waals surface area contributed by atoms with Crippen molar-refractivity contribution in [2.75, 3.05) is 11.9 Å². The summed E-state index contributed by atoms with van der Waals surface area (Å²) in [6.07, 6.45) is 0.977. The quantitative estimate of drug-likeness (QED) is 0.620. The molecule has 0 fully saturated rings. The van der Waals surface area contributed by atoms with Crippen molar-refractivity contribution in [1.29, 1.82) is 0 Å². The van der Waals surface area contributed by atoms with Gasteiger partial charge in [-0.05, 0) is 41.8 Å². The van der Waals surface area contributed by atoms with Crippen LogP contribution in [0.4, 0.5) is 19.4 Å². The van der Waals surface area contributed by atoms with Gasteiger partial charge in [0.15, 0.2) is 5.82 Å². The molecule has 0 aliphatic heterocycles. The third kappa shape index (κ3) is 3.82. The van der Waals surface area contributed by atoms with Crippen LogP contribution in [0.3, 0.4) is 0 Å². The molecule has 1 unspecified atom stereocenters. The highest BCUT2D eigenvalue weighted by Gasteiger charge is 2.12. The highest BCUT2D eigenvalue weighted by Crippen LogP contribution is 2.29. The molecule has 0 aliphatic rings. The van der Waals surface area contributed by atoms with E-state index in [1.54, 1.807) is 18.2 Å². The van der Waals surface area contributed by atoms with E-state index in [4.69, 9.17) is 0 Å². The van der Waals surface area contributed by atoms with Crippen molar-refractivity contribution in [1.82, 2.24) is 15.5 Å². The van der Waals surface area contributed by atoms with Gasteiger partial charge in [-0.1, -0.05) is 26.3 Å². The maximum atomic E-state index is 14.0. The summed E-state index contributed by atoms with van der Waals surface area (Å²) in [7, 11) is 0. The standard InChI is InChI=1S/C19H20F2N4O/c1-3-11(2)10-22-19(26)23-18-14-6-4-12(8-17(14)24-25-18)15-9-13(20)5-7-16(15)21/h4-9,11H,3,10H2,1-2H3,(H3,22,23,24,25,26). The number of anilines is 1. The van der Waals surface area contributed by atoms with E-state index in [0.717, 1.165) is 24.6 Å². The van der Waals surface area contributed by atoms with Crippen molar-refractivity contribution in [3.63, 3.8) is 0 Å². The highest BCUT2D eigenvalue weighted by atomic mass is 19.1. The Morgan fingerprint density at radius 2 is 2.04 bits per heavy atom. The number of nitrogens with zero attached hydrogens (tertiary/aromatic N) is 1. The van der Waals surface area contributed by atoms with Crippen LogP contribution in [0.25, 0.3) is 22.0 Å². The normalized spacial score (nSPS) is 12.2. The van der Waals surface area contributed by atoms with Gasteiger partial charge < -0.3 is 5.32 Å². The summed E-state index contributed by atoms with van der Waals surface area (Å²) >= 11 is 0. The van der Waals surface area contributed by atoms with E-state index in [-0.39, 0.29) is 11.6 Å². The summed E-state index contributed by atoms with van der Waals surface area (Å²) in [5.41, 5.74) is 1.30. The fourth-order valence-electron chi connectivity index (χ4n) is 2.56. The van der Waals surface area contributed by atoms with Gasteiger partial charge >= 0.3 is 6.03 Å². The lowest BCUT2D eigenvalue weighted by Gasteiger charge is -2.10. The highest BCUT2D eigenvalue weighted by molar-refractivity contribution is 6.00. The molecule has 3 rings (SSSR count). The Balaban J connectivity index is 1.81. The summed E-state index contributed by atoms with van der Waals surface area (Å²) in [6, 6.07) is 8.03. The fourth-order valence-corrected chi connectivity index (χ4v) is 2.56. The third-order valence-electron chi connectivity index (χ3n) is 4.34. The Kier molecular flexibility index (Phi) is 5.16. The molecule has 5 nitrogen and oxygen atoms in total. The number of aromatic nitrogens is 2. The third-order valence-corrected chi connectivity index (χ3v) is 4.34. The van der Waals surface area contributed by atoms with Crippen LogP contribution in [0.1, 0.15) is 20.3 Å². The molecule has 1 aromatic heterocycles. The molecule has 3 aromatic rings. The molecule has 1 heterocycles. The van der Waals surface area contributed by atoms with Crippen molar-refractivity contribution in [3.05, 3.63) is 48.0 Å². The van der Waals surface area contributed by atoms with Gasteiger partial charge in [0.25, 0.3) is 0 Å². The van der Waals surface area contributed by atoms with Crippen LogP contribution in [0.15, 0.2) is 36.4 Å². The van der Waals surface area contributed by atoms with Crippen LogP contribution in [-0.4, -0.2) is 22.8 Å². The number of carbonyl (C=O) groups excluding carboxylic acids is 1. The molecule has 2 aromatic carbocycles. The smallest absolute Gasteiger partial charge is 0.320 e. The number of aromatic amines is 1. The van der Waals surface area contributed by atoms with Gasteiger partial charge in [0, 0.05) is 17.5 Å². The van der Waals surface area contributed by atoms with E-state index in [9.17, 15) is 13.6 Å². The average Bonchev–Trinajstić information content (AvgIpc) is 3.03. The molecule has 0 spiro atoms. The SMILES string of the molecule is CCC(C)CNC(=O)Nc1n[nH]c2cc(-c3cc(F)ccc3F)ccc12. The Labute approximate surface area is 149 Å². The zero-order valence-corrected chi connectivity index (χ0v) is 14.6. The molecule has 0 aliphatic carbocycles. The topological polar surface area (TPSA) is 69.8 Å². The second-order valence-corrected chi connectivity index (χ2v) is 6.31. The molecule has 0 saturated heterocycles. The van der Waals surface area contributed by atoms with Crippen molar-refractivity contribution in [2.24, 2.45) is 5.92 Å². The number of fused-ring (bicyclic) bond motifs is 1. The van der Waals surface area contributed by atoms with Gasteiger partial charge in [-0.25, -0.2) is 13.6 Å². The lowest BCUT2D eigenvalue weighted by atomic mass is 10.0. The van der Waals surface area contributed by atoms with Crippen LogP contribution in [0.5, 0.6) is 0 Å². The zero-order valence-electron chi connectivity index (χ0n) is 14.6. The molecule has 2 amide bonds. The Morgan fingerprint density at radius 1 is 1.23 bits per heavy atom. The zero-order chi connectivity index (χ0) is 18.7. The first-order valence-corrected chi connectivity index (χ1v) is 8.46. The van der Waals surface area contributed by atoms with E-state index >= 15 is 0 Å². The number of carbonyl (C=O) groups is 1. The van der Waals surface area contributed by atoms with Gasteiger partial charge in [0.05, 0.1) is 5.52 Å². The van der Waals surface area contributed by atoms with Gasteiger partial charge in [-0.2, -0.15) is 5.10 Å². The molecule has 3 N–H and O–H groups in total. The molecule has 26 heavy (non-hydrogen) atoms. The number of rotatable bonds is 5. The Hall–Kier alpha value is -2.96. The summed E-state index contributed by atoms with van der Waals surface area (Å²) in [4.78, 5) is 12.0. The van der Waals surface area contributed by atoms with E-state index in [0.29, 0.717) is 34.7 Å². The predicted molar refractivity (Wildman–Crippen MR) is 97.9 cm³/mol. The molecule has 0 bridgehead atoms. The van der Waals surface area contributed by atoms with Gasteiger partial charge in [-0.15, -0.1) is 0 Å². The Bertz CT molecular complexity index is 938. The monoisotopic (exact) mass is 358 g/mol. The second-order valence-electron chi connectivity index (χ2n) is 6.31. The van der Waals surface area contributed by atoms with Gasteiger partial charge in [0.1, 0.15) is 11.6 Å². The summed E-state index contributed by atoms with van der Waals surface area (Å²) < 4.78 is 27.4. The molecular weight excluding hydrogens is 338 g/mol. The summed E-state index contributed by atoms with van der Waals surface area (Å²) in [6.45, 7) is 4.69. The fraction of sp³-hybridized carbons (Fsp3) is 0.263. The second kappa shape index (κ2) is 7.51. The predicted octanol–water partition coefficient (Wildman–Crippen LogP) is 4.68. The number of hydrogen-bond donors (Lipinski definition) is 3. The number of H-pyrrole nitrogens is 1. The molecule has 0 saturated carbocycles. The first kappa shape index (κ1) is 17.8.